The summed E-state index contributed by atoms with van der Waals surface area (Å²) in [6, 6.07) is 17.6. The first-order valence-corrected chi connectivity index (χ1v) is 7.83. The third-order valence-corrected chi connectivity index (χ3v) is 3.42. The van der Waals surface area contributed by atoms with Crippen LogP contribution in [0.4, 0.5) is 0 Å². The summed E-state index contributed by atoms with van der Waals surface area (Å²) in [7, 11) is 1.34. The van der Waals surface area contributed by atoms with Crippen LogP contribution in [0.5, 0.6) is 0 Å². The molecule has 0 fully saturated rings. The van der Waals surface area contributed by atoms with Crippen molar-refractivity contribution in [2.75, 3.05) is 7.11 Å². The molecule has 2 rings (SSSR count). The molecule has 0 amide bonds. The zero-order valence-corrected chi connectivity index (χ0v) is 15.4. The van der Waals surface area contributed by atoms with Crippen molar-refractivity contribution in [2.24, 2.45) is 11.5 Å². The summed E-state index contributed by atoms with van der Waals surface area (Å²) in [4.78, 5) is 21.3. The molecule has 0 aliphatic rings. The first kappa shape index (κ1) is 23.6. The third kappa shape index (κ3) is 9.17. The number of hydrogen-bond acceptors (Lipinski definition) is 5. The van der Waals surface area contributed by atoms with Gasteiger partial charge in [0, 0.05) is 0 Å². The highest BCUT2D eigenvalue weighted by Gasteiger charge is 2.13. The molecule has 0 spiro atoms. The van der Waals surface area contributed by atoms with Crippen molar-refractivity contribution in [1.82, 2.24) is 0 Å². The van der Waals surface area contributed by atoms with Crippen LogP contribution in [0.1, 0.15) is 11.1 Å². The zero-order chi connectivity index (χ0) is 18.7. The molecule has 0 aliphatic carbocycles. The van der Waals surface area contributed by atoms with Gasteiger partial charge < -0.3 is 21.3 Å². The van der Waals surface area contributed by atoms with E-state index in [1.807, 2.05) is 60.7 Å². The normalized spacial score (nSPS) is 11.8. The second-order valence-corrected chi connectivity index (χ2v) is 5.45. The smallest absolute Gasteiger partial charge is 0.322 e. The van der Waals surface area contributed by atoms with E-state index < -0.39 is 18.1 Å². The fourth-order valence-corrected chi connectivity index (χ4v) is 2.06. The second-order valence-electron chi connectivity index (χ2n) is 5.45. The first-order valence-electron chi connectivity index (χ1n) is 7.83. The van der Waals surface area contributed by atoms with Crippen molar-refractivity contribution in [3.05, 3.63) is 71.8 Å². The van der Waals surface area contributed by atoms with Gasteiger partial charge in [0.1, 0.15) is 12.1 Å². The van der Waals surface area contributed by atoms with Crippen LogP contribution in [0.15, 0.2) is 60.7 Å². The van der Waals surface area contributed by atoms with Crippen LogP contribution in [-0.2, 0) is 27.2 Å². The highest BCUT2D eigenvalue weighted by molar-refractivity contribution is 5.85. The number of carboxylic acid groups (broad SMARTS) is 1. The highest BCUT2D eigenvalue weighted by atomic mass is 35.5. The van der Waals surface area contributed by atoms with Crippen molar-refractivity contribution >= 4 is 24.3 Å². The van der Waals surface area contributed by atoms with Gasteiger partial charge in [-0.3, -0.25) is 9.59 Å². The summed E-state index contributed by atoms with van der Waals surface area (Å²) in [5.74, 6) is -1.33. The molecule has 0 bridgehead atoms. The Morgan fingerprint density at radius 3 is 1.62 bits per heavy atom. The molecule has 142 valence electrons. The molecule has 0 aliphatic heterocycles. The van der Waals surface area contributed by atoms with Crippen LogP contribution in [0, 0.1) is 0 Å². The predicted octanol–water partition coefficient (Wildman–Crippen LogP) is 1.79. The lowest BCUT2D eigenvalue weighted by atomic mass is 10.1. The van der Waals surface area contributed by atoms with Crippen LogP contribution < -0.4 is 11.5 Å². The lowest BCUT2D eigenvalue weighted by molar-refractivity contribution is -0.142. The topological polar surface area (TPSA) is 116 Å². The van der Waals surface area contributed by atoms with E-state index in [-0.39, 0.29) is 18.4 Å². The quantitative estimate of drug-likeness (QED) is 0.658. The van der Waals surface area contributed by atoms with Crippen molar-refractivity contribution in [1.29, 1.82) is 0 Å². The van der Waals surface area contributed by atoms with Gasteiger partial charge in [-0.2, -0.15) is 0 Å². The molecule has 0 saturated heterocycles. The van der Waals surface area contributed by atoms with E-state index in [2.05, 4.69) is 4.74 Å². The molecule has 0 aromatic heterocycles. The summed E-state index contributed by atoms with van der Waals surface area (Å²) in [5, 5.41) is 8.52. The Hall–Kier alpha value is -2.41. The molecular formula is C19H25ClN2O4. The van der Waals surface area contributed by atoms with E-state index in [0.29, 0.717) is 12.8 Å². The van der Waals surface area contributed by atoms with E-state index in [4.69, 9.17) is 16.6 Å². The van der Waals surface area contributed by atoms with Gasteiger partial charge in [0.2, 0.25) is 0 Å². The van der Waals surface area contributed by atoms with Crippen molar-refractivity contribution in [3.8, 4) is 0 Å². The van der Waals surface area contributed by atoms with Gasteiger partial charge in [-0.1, -0.05) is 60.7 Å². The Bertz CT molecular complexity index is 653. The maximum absolute atomic E-state index is 11.0. The van der Waals surface area contributed by atoms with Gasteiger partial charge in [0.05, 0.1) is 7.11 Å². The number of benzene rings is 2. The highest BCUT2D eigenvalue weighted by Crippen LogP contribution is 2.02. The molecule has 7 heteroatoms. The number of halogens is 1. The Morgan fingerprint density at radius 1 is 0.885 bits per heavy atom. The van der Waals surface area contributed by atoms with E-state index in [0.717, 1.165) is 11.1 Å². The minimum Gasteiger partial charge on any atom is -0.480 e. The fourth-order valence-electron chi connectivity index (χ4n) is 2.06. The molecule has 0 saturated carbocycles. The third-order valence-electron chi connectivity index (χ3n) is 3.42. The number of methoxy groups -OCH3 is 1. The second kappa shape index (κ2) is 12.9. The molecule has 5 N–H and O–H groups in total. The number of carboxylic acids is 1. The van der Waals surface area contributed by atoms with Gasteiger partial charge >= 0.3 is 11.9 Å². The Balaban J connectivity index is 0.000000464. The number of hydrogen-bond donors (Lipinski definition) is 3. The number of esters is 1. The van der Waals surface area contributed by atoms with Crippen LogP contribution in [0.2, 0.25) is 0 Å². The van der Waals surface area contributed by atoms with Crippen LogP contribution in [0.25, 0.3) is 0 Å². The maximum atomic E-state index is 11.0. The summed E-state index contributed by atoms with van der Waals surface area (Å²) in [5.41, 5.74) is 12.9. The summed E-state index contributed by atoms with van der Waals surface area (Å²) in [6.07, 6.45) is 0.906. The van der Waals surface area contributed by atoms with E-state index in [1.54, 1.807) is 0 Å². The van der Waals surface area contributed by atoms with Gasteiger partial charge in [0.15, 0.2) is 0 Å². The molecule has 0 unspecified atom stereocenters. The van der Waals surface area contributed by atoms with Crippen molar-refractivity contribution in [3.63, 3.8) is 0 Å². The lowest BCUT2D eigenvalue weighted by Gasteiger charge is -2.08. The molecule has 2 aromatic carbocycles. The number of carbonyl (C=O) groups is 2. The van der Waals surface area contributed by atoms with Crippen molar-refractivity contribution in [2.45, 2.75) is 24.9 Å². The average molecular weight is 381 g/mol. The summed E-state index contributed by atoms with van der Waals surface area (Å²) < 4.78 is 4.52. The van der Waals surface area contributed by atoms with E-state index >= 15 is 0 Å². The minimum atomic E-state index is -0.959. The minimum absolute atomic E-state index is 0. The fraction of sp³-hybridized carbons (Fsp3) is 0.263. The average Bonchev–Trinajstić information content (AvgIpc) is 2.63. The first-order chi connectivity index (χ1) is 11.9. The van der Waals surface area contributed by atoms with Gasteiger partial charge in [-0.15, -0.1) is 12.4 Å². The van der Waals surface area contributed by atoms with E-state index in [1.165, 1.54) is 7.11 Å². The van der Waals surface area contributed by atoms with Crippen LogP contribution >= 0.6 is 12.4 Å². The number of rotatable bonds is 6. The monoisotopic (exact) mass is 380 g/mol. The van der Waals surface area contributed by atoms with Gasteiger partial charge in [-0.25, -0.2) is 0 Å². The largest absolute Gasteiger partial charge is 0.480 e. The van der Waals surface area contributed by atoms with Crippen LogP contribution in [0.3, 0.4) is 0 Å². The molecule has 0 heterocycles. The number of nitrogens with two attached hydrogens (primary N) is 2. The van der Waals surface area contributed by atoms with Crippen LogP contribution in [-0.4, -0.2) is 36.2 Å². The van der Waals surface area contributed by atoms with Gasteiger partial charge in [-0.05, 0) is 24.0 Å². The maximum Gasteiger partial charge on any atom is 0.322 e. The molecule has 2 atom stereocenters. The zero-order valence-electron chi connectivity index (χ0n) is 14.6. The number of ether oxygens (including phenoxy) is 1. The summed E-state index contributed by atoms with van der Waals surface area (Å²) in [6.45, 7) is 0. The molecule has 6 nitrogen and oxygen atoms in total. The number of aliphatic carboxylic acids is 1. The standard InChI is InChI=1S/C10H13NO2.C9H11NO2.ClH/c1-13-10(12)9(11)7-8-5-3-2-4-6-8;10-8(9(11)12)6-7-4-2-1-3-5-7;/h2-6,9H,7,11H2,1H3;1-5,8H,6,10H2,(H,11,12);1H/t9-;8-;/m11./s1. The molecule has 26 heavy (non-hydrogen) atoms. The Labute approximate surface area is 159 Å². The molecule has 0 radical (unpaired) electrons. The molecular weight excluding hydrogens is 356 g/mol. The SMILES string of the molecule is COC(=O)[C@H](N)Cc1ccccc1.Cl.N[C@H](Cc1ccccc1)C(=O)O. The van der Waals surface area contributed by atoms with E-state index in [9.17, 15) is 9.59 Å². The lowest BCUT2D eigenvalue weighted by Crippen LogP contribution is -2.33. The number of carbonyl (C=O) groups excluding carboxylic acids is 1. The summed E-state index contributed by atoms with van der Waals surface area (Å²) >= 11 is 0. The van der Waals surface area contributed by atoms with Gasteiger partial charge in [0.25, 0.3) is 0 Å². The van der Waals surface area contributed by atoms with Crippen molar-refractivity contribution < 1.29 is 19.4 Å². The predicted molar refractivity (Wildman–Crippen MR) is 103 cm³/mol. The Kier molecular flexibility index (Phi) is 11.7. The Morgan fingerprint density at radius 2 is 1.27 bits per heavy atom. The molecule has 2 aromatic rings.